The van der Waals surface area contributed by atoms with E-state index in [0.717, 1.165) is 5.56 Å². The number of pyridine rings is 1. The average molecular weight is 322 g/mol. The largest absolute Gasteiger partial charge is 0.480 e. The molecular weight excluding hydrogens is 296 g/mol. The van der Waals surface area contributed by atoms with Crippen LogP contribution >= 0.6 is 0 Å². The molecule has 6 nitrogen and oxygen atoms in total. The molecule has 0 saturated heterocycles. The molecule has 23 heavy (non-hydrogen) atoms. The lowest BCUT2D eigenvalue weighted by molar-refractivity contribution is -0.142. The normalized spacial score (nSPS) is 13.6. The van der Waals surface area contributed by atoms with E-state index in [9.17, 15) is 19.5 Å². The Hall–Kier alpha value is -2.11. The van der Waals surface area contributed by atoms with Gasteiger partial charge in [-0.25, -0.2) is 4.79 Å². The van der Waals surface area contributed by atoms with Gasteiger partial charge in [-0.2, -0.15) is 0 Å². The Morgan fingerprint density at radius 2 is 2.00 bits per heavy atom. The van der Waals surface area contributed by atoms with Gasteiger partial charge in [-0.15, -0.1) is 0 Å². The quantitative estimate of drug-likeness (QED) is 0.767. The predicted octanol–water partition coefficient (Wildman–Crippen LogP) is 2.11. The third-order valence-corrected chi connectivity index (χ3v) is 3.63. The molecule has 0 aliphatic rings. The van der Waals surface area contributed by atoms with Crippen molar-refractivity contribution >= 4 is 11.9 Å². The summed E-state index contributed by atoms with van der Waals surface area (Å²) in [6, 6.07) is 1.60. The van der Waals surface area contributed by atoms with E-state index in [1.165, 1.54) is 10.6 Å². The van der Waals surface area contributed by atoms with Crippen LogP contribution in [0.4, 0.5) is 0 Å². The molecule has 2 N–H and O–H groups in total. The summed E-state index contributed by atoms with van der Waals surface area (Å²) >= 11 is 0. The maximum Gasteiger partial charge on any atom is 0.326 e. The van der Waals surface area contributed by atoms with E-state index in [-0.39, 0.29) is 11.5 Å². The van der Waals surface area contributed by atoms with Gasteiger partial charge in [0.05, 0.1) is 0 Å². The number of nitrogens with one attached hydrogen (secondary N) is 1. The lowest BCUT2D eigenvalue weighted by atomic mass is 10.0. The Morgan fingerprint density at radius 3 is 2.48 bits per heavy atom. The van der Waals surface area contributed by atoms with E-state index in [0.29, 0.717) is 19.3 Å². The summed E-state index contributed by atoms with van der Waals surface area (Å²) in [5, 5.41) is 11.8. The van der Waals surface area contributed by atoms with Crippen LogP contribution in [-0.4, -0.2) is 27.6 Å². The summed E-state index contributed by atoms with van der Waals surface area (Å²) in [4.78, 5) is 36.0. The number of carbonyl (C=O) groups is 2. The van der Waals surface area contributed by atoms with E-state index >= 15 is 0 Å². The van der Waals surface area contributed by atoms with E-state index in [1.807, 2.05) is 27.7 Å². The molecule has 1 rings (SSSR count). The second-order valence-electron chi connectivity index (χ2n) is 6.28. The number of carboxylic acids is 1. The molecule has 0 aromatic carbocycles. The number of carbonyl (C=O) groups excluding carboxylic acids is 1. The van der Waals surface area contributed by atoms with Crippen molar-refractivity contribution in [3.8, 4) is 0 Å². The second kappa shape index (κ2) is 8.50. The molecule has 0 bridgehead atoms. The number of aliphatic carboxylic acids is 1. The molecule has 128 valence electrons. The minimum absolute atomic E-state index is 0.142. The van der Waals surface area contributed by atoms with Gasteiger partial charge >= 0.3 is 5.97 Å². The molecule has 0 aliphatic heterocycles. The lowest BCUT2D eigenvalue weighted by Gasteiger charge is -2.22. The van der Waals surface area contributed by atoms with Crippen LogP contribution in [-0.2, 0) is 9.59 Å². The average Bonchev–Trinajstić information content (AvgIpc) is 2.44. The van der Waals surface area contributed by atoms with Crippen molar-refractivity contribution in [1.29, 1.82) is 0 Å². The number of aromatic nitrogens is 1. The van der Waals surface area contributed by atoms with Crippen molar-refractivity contribution in [1.82, 2.24) is 9.88 Å². The van der Waals surface area contributed by atoms with Gasteiger partial charge in [0.2, 0.25) is 5.91 Å². The van der Waals surface area contributed by atoms with Crippen molar-refractivity contribution in [2.24, 2.45) is 5.92 Å². The van der Waals surface area contributed by atoms with Crippen molar-refractivity contribution < 1.29 is 14.7 Å². The molecule has 0 spiro atoms. The third-order valence-electron chi connectivity index (χ3n) is 3.63. The van der Waals surface area contributed by atoms with E-state index in [2.05, 4.69) is 5.32 Å². The summed E-state index contributed by atoms with van der Waals surface area (Å²) < 4.78 is 1.38. The van der Waals surface area contributed by atoms with Crippen molar-refractivity contribution in [2.75, 3.05) is 0 Å². The number of carboxylic acid groups (broad SMARTS) is 1. The van der Waals surface area contributed by atoms with Crippen LogP contribution in [0.1, 0.15) is 51.6 Å². The van der Waals surface area contributed by atoms with E-state index in [4.69, 9.17) is 0 Å². The van der Waals surface area contributed by atoms with Gasteiger partial charge in [0.25, 0.3) is 5.56 Å². The SMILES string of the molecule is CCCC(C(=O)NC(CC(C)C)C(=O)O)n1ccc(C)cc1=O. The molecule has 1 aromatic rings. The highest BCUT2D eigenvalue weighted by Gasteiger charge is 2.26. The van der Waals surface area contributed by atoms with Crippen molar-refractivity contribution in [3.63, 3.8) is 0 Å². The van der Waals surface area contributed by atoms with Crippen LogP contribution in [0.25, 0.3) is 0 Å². The Balaban J connectivity index is 3.02. The number of aryl methyl sites for hydroxylation is 1. The Kier molecular flexibility index (Phi) is 7.00. The summed E-state index contributed by atoms with van der Waals surface area (Å²) in [7, 11) is 0. The lowest BCUT2D eigenvalue weighted by Crippen LogP contribution is -2.46. The summed E-state index contributed by atoms with van der Waals surface area (Å²) in [6.45, 7) is 7.53. The highest BCUT2D eigenvalue weighted by atomic mass is 16.4. The standard InChI is InChI=1S/C17H26N2O4/c1-5-6-14(19-8-7-12(4)10-15(19)20)16(21)18-13(17(22)23)9-11(2)3/h7-8,10-11,13-14H,5-6,9H2,1-4H3,(H,18,21)(H,22,23). The van der Waals surface area contributed by atoms with Crippen LogP contribution in [0, 0.1) is 12.8 Å². The number of nitrogens with zero attached hydrogens (tertiary/aromatic N) is 1. The zero-order valence-corrected chi connectivity index (χ0v) is 14.2. The second-order valence-corrected chi connectivity index (χ2v) is 6.28. The molecule has 0 saturated carbocycles. The number of amides is 1. The zero-order chi connectivity index (χ0) is 17.6. The molecule has 1 amide bonds. The molecule has 2 unspecified atom stereocenters. The Morgan fingerprint density at radius 1 is 1.35 bits per heavy atom. The number of hydrogen-bond acceptors (Lipinski definition) is 3. The molecule has 1 heterocycles. The highest BCUT2D eigenvalue weighted by molar-refractivity contribution is 5.86. The minimum Gasteiger partial charge on any atom is -0.480 e. The monoisotopic (exact) mass is 322 g/mol. The molecule has 2 atom stereocenters. The minimum atomic E-state index is -1.06. The van der Waals surface area contributed by atoms with Crippen LogP contribution in [0.3, 0.4) is 0 Å². The molecule has 6 heteroatoms. The van der Waals surface area contributed by atoms with Crippen LogP contribution < -0.4 is 10.9 Å². The van der Waals surface area contributed by atoms with Gasteiger partial charge in [0.15, 0.2) is 0 Å². The highest BCUT2D eigenvalue weighted by Crippen LogP contribution is 2.14. The molecule has 1 aromatic heterocycles. The van der Waals surface area contributed by atoms with Crippen LogP contribution in [0.2, 0.25) is 0 Å². The summed E-state index contributed by atoms with van der Waals surface area (Å²) in [6.07, 6.45) is 3.13. The van der Waals surface area contributed by atoms with Crippen LogP contribution in [0.5, 0.6) is 0 Å². The maximum absolute atomic E-state index is 12.5. The summed E-state index contributed by atoms with van der Waals surface area (Å²) in [5.41, 5.74) is 0.569. The Labute approximate surface area is 136 Å². The maximum atomic E-state index is 12.5. The Bertz CT molecular complexity index is 607. The first-order chi connectivity index (χ1) is 10.8. The van der Waals surface area contributed by atoms with E-state index in [1.54, 1.807) is 12.3 Å². The van der Waals surface area contributed by atoms with Gasteiger partial charge in [-0.3, -0.25) is 9.59 Å². The van der Waals surface area contributed by atoms with Gasteiger partial charge in [0.1, 0.15) is 12.1 Å². The van der Waals surface area contributed by atoms with Gasteiger partial charge < -0.3 is 15.0 Å². The van der Waals surface area contributed by atoms with Crippen LogP contribution in [0.15, 0.2) is 23.1 Å². The fraction of sp³-hybridized carbons (Fsp3) is 0.588. The number of rotatable bonds is 8. The predicted molar refractivity (Wildman–Crippen MR) is 88.4 cm³/mol. The van der Waals surface area contributed by atoms with E-state index < -0.39 is 24.0 Å². The fourth-order valence-electron chi connectivity index (χ4n) is 2.48. The first-order valence-electron chi connectivity index (χ1n) is 7.98. The molecule has 0 radical (unpaired) electrons. The first-order valence-corrected chi connectivity index (χ1v) is 7.98. The van der Waals surface area contributed by atoms with Gasteiger partial charge in [0, 0.05) is 12.3 Å². The third kappa shape index (κ3) is 5.54. The van der Waals surface area contributed by atoms with Gasteiger partial charge in [-0.1, -0.05) is 27.2 Å². The van der Waals surface area contributed by atoms with Crippen molar-refractivity contribution in [3.05, 3.63) is 34.2 Å². The molecule has 0 fully saturated rings. The first kappa shape index (κ1) is 18.9. The zero-order valence-electron chi connectivity index (χ0n) is 14.2. The topological polar surface area (TPSA) is 88.4 Å². The summed E-state index contributed by atoms with van der Waals surface area (Å²) in [5.74, 6) is -1.34. The fourth-order valence-corrected chi connectivity index (χ4v) is 2.48. The molecular formula is C17H26N2O4. The molecule has 0 aliphatic carbocycles. The smallest absolute Gasteiger partial charge is 0.326 e. The number of hydrogen-bond donors (Lipinski definition) is 2. The van der Waals surface area contributed by atoms with Crippen molar-refractivity contribution in [2.45, 2.75) is 59.0 Å². The van der Waals surface area contributed by atoms with Gasteiger partial charge in [-0.05, 0) is 37.3 Å².